The molecule has 0 radical (unpaired) electrons. The van der Waals surface area contributed by atoms with Crippen molar-refractivity contribution in [3.8, 4) is 0 Å². The average molecular weight is 683 g/mol. The smallest absolute Gasteiger partial charge is 0.268 e. The molecule has 2 unspecified atom stereocenters. The molecule has 0 fully saturated rings. The first kappa shape index (κ1) is 43.7. The lowest BCUT2D eigenvalue weighted by atomic mass is 10.0. The highest BCUT2D eigenvalue weighted by Crippen LogP contribution is 2.40. The Morgan fingerprint density at radius 2 is 1.28 bits per heavy atom. The van der Waals surface area contributed by atoms with E-state index in [0.29, 0.717) is 30.6 Å². The number of phosphoric acid groups is 1. The van der Waals surface area contributed by atoms with Crippen LogP contribution in [0.4, 0.5) is 0 Å². The van der Waals surface area contributed by atoms with Gasteiger partial charge in [-0.1, -0.05) is 146 Å². The Morgan fingerprint density at radius 3 is 1.74 bits per heavy atom. The van der Waals surface area contributed by atoms with Crippen LogP contribution >= 0.6 is 7.82 Å². The van der Waals surface area contributed by atoms with Crippen LogP contribution in [0.3, 0.4) is 0 Å². The average Bonchev–Trinajstić information content (AvgIpc) is 3.01. The van der Waals surface area contributed by atoms with Crippen LogP contribution in [0.1, 0.15) is 135 Å². The van der Waals surface area contributed by atoms with Crippen LogP contribution in [-0.2, 0) is 29.6 Å². The summed E-state index contributed by atoms with van der Waals surface area (Å²) in [6, 6.07) is 9.92. The van der Waals surface area contributed by atoms with Crippen LogP contribution in [0, 0.1) is 0 Å². The van der Waals surface area contributed by atoms with E-state index in [-0.39, 0.29) is 25.7 Å². The zero-order valence-corrected chi connectivity index (χ0v) is 31.8. The van der Waals surface area contributed by atoms with Crippen molar-refractivity contribution in [3.63, 3.8) is 0 Å². The van der Waals surface area contributed by atoms with Crippen LogP contribution in [0.15, 0.2) is 30.3 Å². The Kier molecular flexibility index (Phi) is 25.6. The predicted octanol–water partition coefficient (Wildman–Crippen LogP) is 8.71. The number of ether oxygens (including phenoxy) is 1. The summed E-state index contributed by atoms with van der Waals surface area (Å²) in [6.07, 6.45) is 23.7. The first-order chi connectivity index (χ1) is 22.5. The zero-order chi connectivity index (χ0) is 34.6. The number of hydrogen-bond donors (Lipinski definition) is 0. The van der Waals surface area contributed by atoms with Crippen molar-refractivity contribution in [3.05, 3.63) is 35.9 Å². The second-order valence-electron chi connectivity index (χ2n) is 14.3. The number of unbranched alkanes of at least 4 members (excludes halogenated alkanes) is 17. The quantitative estimate of drug-likeness (QED) is 0.0429. The van der Waals surface area contributed by atoms with Gasteiger partial charge in [0, 0.05) is 26.6 Å². The van der Waals surface area contributed by atoms with Gasteiger partial charge in [-0.25, -0.2) is 0 Å². The van der Waals surface area contributed by atoms with Gasteiger partial charge in [0.1, 0.15) is 19.3 Å². The van der Waals surface area contributed by atoms with Gasteiger partial charge in [-0.2, -0.15) is 0 Å². The third kappa shape index (κ3) is 27.3. The van der Waals surface area contributed by atoms with Crippen molar-refractivity contribution in [2.45, 2.75) is 142 Å². The monoisotopic (exact) mass is 683 g/mol. The van der Waals surface area contributed by atoms with Crippen LogP contribution < -0.4 is 4.89 Å². The molecule has 0 saturated carbocycles. The number of amides is 1. The van der Waals surface area contributed by atoms with Crippen molar-refractivity contribution >= 4 is 13.7 Å². The van der Waals surface area contributed by atoms with Crippen LogP contribution in [0.5, 0.6) is 0 Å². The maximum atomic E-state index is 12.7. The molecule has 0 aliphatic heterocycles. The molecule has 9 heteroatoms. The van der Waals surface area contributed by atoms with Gasteiger partial charge in [0.25, 0.3) is 7.82 Å². The van der Waals surface area contributed by atoms with E-state index >= 15 is 0 Å². The number of nitrogens with zero attached hydrogens (tertiary/aromatic N) is 2. The molecule has 0 saturated heterocycles. The molecule has 0 aliphatic carbocycles. The maximum Gasteiger partial charge on any atom is 0.268 e. The molecule has 0 N–H and O–H groups in total. The highest BCUT2D eigenvalue weighted by atomic mass is 31.2. The minimum atomic E-state index is -4.57. The molecule has 8 nitrogen and oxygen atoms in total. The Hall–Kier alpha value is -1.28. The number of hydrogen-bond acceptors (Lipinski definition) is 6. The molecule has 0 aromatic heterocycles. The van der Waals surface area contributed by atoms with Gasteiger partial charge in [-0.15, -0.1) is 0 Å². The third-order valence-electron chi connectivity index (χ3n) is 8.62. The summed E-state index contributed by atoms with van der Waals surface area (Å²) in [6.45, 7) is 5.52. The molecule has 2 atom stereocenters. The molecule has 1 aromatic rings. The Labute approximate surface area is 289 Å². The molecule has 0 heterocycles. The Bertz CT molecular complexity index is 926. The van der Waals surface area contributed by atoms with E-state index in [0.717, 1.165) is 18.4 Å². The van der Waals surface area contributed by atoms with Crippen LogP contribution in [0.2, 0.25) is 0 Å². The second-order valence-corrected chi connectivity index (χ2v) is 15.7. The van der Waals surface area contributed by atoms with E-state index in [1.54, 1.807) is 4.90 Å². The van der Waals surface area contributed by atoms with Crippen LogP contribution in [0.25, 0.3) is 0 Å². The normalized spacial score (nSPS) is 13.8. The highest BCUT2D eigenvalue weighted by Gasteiger charge is 2.23. The van der Waals surface area contributed by atoms with E-state index in [1.165, 1.54) is 110 Å². The molecule has 1 aromatic carbocycles. The largest absolute Gasteiger partial charge is 0.756 e. The fourth-order valence-electron chi connectivity index (χ4n) is 5.61. The number of rotatable bonds is 32. The molecule has 47 heavy (non-hydrogen) atoms. The number of phosphoric ester groups is 1. The molecule has 0 spiro atoms. The van der Waals surface area contributed by atoms with E-state index in [2.05, 4.69) is 6.92 Å². The number of benzene rings is 1. The molecular formula is C38H71N2O6P. The summed E-state index contributed by atoms with van der Waals surface area (Å²) >= 11 is 0. The lowest BCUT2D eigenvalue weighted by Crippen LogP contribution is -2.41. The number of likely N-dealkylation sites (N-methyl/N-ethyl adjacent to an activating group) is 1. The topological polar surface area (TPSA) is 88.1 Å². The molecule has 1 rings (SSSR count). The van der Waals surface area contributed by atoms with Crippen molar-refractivity contribution in [1.29, 1.82) is 0 Å². The Morgan fingerprint density at radius 1 is 0.787 bits per heavy atom. The van der Waals surface area contributed by atoms with Gasteiger partial charge in [0.2, 0.25) is 5.91 Å². The number of carbonyl (C=O) groups is 1. The number of carbonyl (C=O) groups excluding carboxylic acids is 1. The van der Waals surface area contributed by atoms with E-state index in [1.807, 2.05) is 51.5 Å². The molecule has 1 amide bonds. The summed E-state index contributed by atoms with van der Waals surface area (Å²) in [5, 5.41) is 0. The lowest BCUT2D eigenvalue weighted by molar-refractivity contribution is -0.870. The maximum absolute atomic E-state index is 12.7. The summed E-state index contributed by atoms with van der Waals surface area (Å²) in [4.78, 5) is 26.8. The highest BCUT2D eigenvalue weighted by molar-refractivity contribution is 7.45. The number of quaternary nitrogens is 1. The van der Waals surface area contributed by atoms with E-state index in [9.17, 15) is 14.3 Å². The van der Waals surface area contributed by atoms with Crippen LogP contribution in [-0.4, -0.2) is 82.0 Å². The third-order valence-corrected chi connectivity index (χ3v) is 9.67. The van der Waals surface area contributed by atoms with Crippen molar-refractivity contribution < 1.29 is 32.5 Å². The lowest BCUT2D eigenvalue weighted by Gasteiger charge is -2.32. The first-order valence-corrected chi connectivity index (χ1v) is 20.3. The summed E-state index contributed by atoms with van der Waals surface area (Å²) in [7, 11) is 1.33. The minimum Gasteiger partial charge on any atom is -0.756 e. The molecule has 274 valence electrons. The summed E-state index contributed by atoms with van der Waals surface area (Å²) in [5.74, 6) is -0.135. The van der Waals surface area contributed by atoms with Gasteiger partial charge in [-0.05, 0) is 18.4 Å². The van der Waals surface area contributed by atoms with E-state index in [4.69, 9.17) is 13.8 Å². The van der Waals surface area contributed by atoms with Crippen molar-refractivity contribution in [2.24, 2.45) is 0 Å². The molecule has 0 aliphatic rings. The van der Waals surface area contributed by atoms with Gasteiger partial charge >= 0.3 is 0 Å². The SMILES string of the molecule is CCCCCCCCCCCCCCCCCCCCOCC(CN(CCc1ccccc1)C(C)=O)OP(=O)([O-])OCC[N+](C)(C)C. The van der Waals surface area contributed by atoms with Gasteiger partial charge < -0.3 is 28.1 Å². The molecule has 0 bridgehead atoms. The predicted molar refractivity (Wildman–Crippen MR) is 193 cm³/mol. The standard InChI is InChI=1S/C38H71N2O6P/c1-6-7-8-9-10-11-12-13-14-15-16-17-18-19-20-21-22-26-32-44-35-38(46-47(42,43)45-33-31-40(3,4)5)34-39(36(2)41)30-29-37-27-24-23-25-28-37/h23-25,27-28,38H,6-22,26,29-35H2,1-5H3. The fourth-order valence-corrected chi connectivity index (χ4v) is 6.47. The van der Waals surface area contributed by atoms with Crippen molar-refractivity contribution in [1.82, 2.24) is 4.90 Å². The first-order valence-electron chi connectivity index (χ1n) is 18.8. The Balaban J connectivity index is 2.29. The minimum absolute atomic E-state index is 0.0294. The summed E-state index contributed by atoms with van der Waals surface area (Å²) in [5.41, 5.74) is 1.11. The van der Waals surface area contributed by atoms with Crippen molar-refractivity contribution in [2.75, 3.05) is 60.6 Å². The zero-order valence-electron chi connectivity index (χ0n) is 30.9. The second kappa shape index (κ2) is 27.5. The summed E-state index contributed by atoms with van der Waals surface area (Å²) < 4.78 is 29.8. The van der Waals surface area contributed by atoms with Gasteiger partial charge in [0.05, 0.1) is 27.7 Å². The van der Waals surface area contributed by atoms with Gasteiger partial charge in [-0.3, -0.25) is 9.36 Å². The van der Waals surface area contributed by atoms with E-state index < -0.39 is 13.9 Å². The van der Waals surface area contributed by atoms with Gasteiger partial charge in [0.15, 0.2) is 0 Å². The fraction of sp³-hybridized carbons (Fsp3) is 0.816. The molecular weight excluding hydrogens is 611 g/mol.